The highest BCUT2D eigenvalue weighted by molar-refractivity contribution is 7.16. The molecule has 0 atom stereocenters. The van der Waals surface area contributed by atoms with Crippen LogP contribution in [0.1, 0.15) is 4.88 Å². The molecule has 0 aliphatic heterocycles. The molecule has 0 amide bonds. The van der Waals surface area contributed by atoms with Crippen molar-refractivity contribution in [1.82, 2.24) is 20.2 Å². The summed E-state index contributed by atoms with van der Waals surface area (Å²) in [5.74, 6) is -0.170. The van der Waals surface area contributed by atoms with Crippen molar-refractivity contribution in [3.8, 4) is 21.8 Å². The summed E-state index contributed by atoms with van der Waals surface area (Å²) in [6, 6.07) is 8.13. The van der Waals surface area contributed by atoms with Crippen molar-refractivity contribution in [2.75, 3.05) is 7.11 Å². The average molecular weight is 344 g/mol. The Hall–Kier alpha value is -2.87. The van der Waals surface area contributed by atoms with E-state index in [0.29, 0.717) is 5.82 Å². The van der Waals surface area contributed by atoms with E-state index < -0.39 is 5.97 Å². The van der Waals surface area contributed by atoms with Gasteiger partial charge in [-0.25, -0.2) is 13.9 Å². The van der Waals surface area contributed by atoms with Gasteiger partial charge in [-0.05, 0) is 40.3 Å². The second kappa shape index (κ2) is 6.71. The summed E-state index contributed by atoms with van der Waals surface area (Å²) in [4.78, 5) is 13.1. The molecule has 0 bridgehead atoms. The molecule has 0 aliphatic rings. The van der Waals surface area contributed by atoms with Crippen LogP contribution in [0.2, 0.25) is 0 Å². The van der Waals surface area contributed by atoms with Gasteiger partial charge in [0.15, 0.2) is 5.82 Å². The number of carbonyl (C=O) groups is 1. The molecule has 0 fully saturated rings. The van der Waals surface area contributed by atoms with Gasteiger partial charge in [0.1, 0.15) is 5.82 Å². The number of hydrogen-bond donors (Lipinski definition) is 0. The summed E-state index contributed by atoms with van der Waals surface area (Å²) < 4.78 is 19.3. The Bertz CT molecular complexity index is 899. The highest BCUT2D eigenvalue weighted by Gasteiger charge is 2.15. The minimum absolute atomic E-state index is 0.293. The zero-order valence-corrected chi connectivity index (χ0v) is 13.7. The summed E-state index contributed by atoms with van der Waals surface area (Å²) in [7, 11) is 3.05. The average Bonchev–Trinajstić information content (AvgIpc) is 3.19. The molecule has 0 spiro atoms. The third kappa shape index (κ3) is 3.23. The van der Waals surface area contributed by atoms with Crippen molar-refractivity contribution in [1.29, 1.82) is 0 Å². The van der Waals surface area contributed by atoms with Crippen LogP contribution >= 0.6 is 11.3 Å². The lowest BCUT2D eigenvalue weighted by Gasteiger charge is -1.97. The minimum Gasteiger partial charge on any atom is -0.466 e. The highest BCUT2D eigenvalue weighted by Crippen LogP contribution is 2.37. The molecule has 122 valence electrons. The number of ether oxygens (including phenoxy) is 1. The highest BCUT2D eigenvalue weighted by atomic mass is 32.1. The van der Waals surface area contributed by atoms with E-state index >= 15 is 0 Å². The first-order chi connectivity index (χ1) is 11.6. The van der Waals surface area contributed by atoms with Gasteiger partial charge in [0, 0.05) is 28.4 Å². The van der Waals surface area contributed by atoms with E-state index in [-0.39, 0.29) is 5.82 Å². The number of rotatable bonds is 4. The maximum absolute atomic E-state index is 13.1. The second-order valence-electron chi connectivity index (χ2n) is 4.88. The lowest BCUT2D eigenvalue weighted by atomic mass is 10.1. The summed E-state index contributed by atoms with van der Waals surface area (Å²) in [6.07, 6.45) is 3.00. The van der Waals surface area contributed by atoms with Crippen molar-refractivity contribution >= 4 is 23.4 Å². The quantitative estimate of drug-likeness (QED) is 0.538. The monoisotopic (exact) mass is 344 g/mol. The molecule has 24 heavy (non-hydrogen) atoms. The second-order valence-corrected chi connectivity index (χ2v) is 5.96. The fraction of sp³-hybridized carbons (Fsp3) is 0.125. The number of aryl methyl sites for hydroxylation is 1. The fourth-order valence-corrected chi connectivity index (χ4v) is 3.19. The van der Waals surface area contributed by atoms with Gasteiger partial charge in [-0.3, -0.25) is 0 Å². The first kappa shape index (κ1) is 16.0. The number of esters is 1. The normalized spacial score (nSPS) is 11.1. The molecule has 0 saturated heterocycles. The van der Waals surface area contributed by atoms with Gasteiger partial charge >= 0.3 is 5.97 Å². The summed E-state index contributed by atoms with van der Waals surface area (Å²) >= 11 is 1.45. The van der Waals surface area contributed by atoms with Crippen molar-refractivity contribution < 1.29 is 13.9 Å². The van der Waals surface area contributed by atoms with E-state index in [1.165, 1.54) is 36.7 Å². The van der Waals surface area contributed by atoms with Gasteiger partial charge < -0.3 is 4.74 Å². The van der Waals surface area contributed by atoms with Crippen LogP contribution in [0.4, 0.5) is 4.39 Å². The summed E-state index contributed by atoms with van der Waals surface area (Å²) in [5, 5.41) is 11.5. The third-order valence-electron chi connectivity index (χ3n) is 3.32. The van der Waals surface area contributed by atoms with E-state index in [2.05, 4.69) is 20.3 Å². The van der Waals surface area contributed by atoms with Crippen molar-refractivity contribution in [2.45, 2.75) is 0 Å². The van der Waals surface area contributed by atoms with E-state index in [1.54, 1.807) is 29.9 Å². The summed E-state index contributed by atoms with van der Waals surface area (Å²) in [6.45, 7) is 0. The molecule has 0 N–H and O–H groups in total. The number of methoxy groups -OCH3 is 1. The first-order valence-electron chi connectivity index (χ1n) is 6.97. The van der Waals surface area contributed by atoms with E-state index in [1.807, 2.05) is 6.07 Å². The molecule has 0 aliphatic carbocycles. The molecule has 0 saturated carbocycles. The fourth-order valence-electron chi connectivity index (χ4n) is 2.13. The zero-order chi connectivity index (χ0) is 17.1. The van der Waals surface area contributed by atoms with Crippen LogP contribution in [-0.2, 0) is 16.6 Å². The van der Waals surface area contributed by atoms with Gasteiger partial charge in [0.05, 0.1) is 7.11 Å². The molecule has 2 heterocycles. The SMILES string of the molecule is COC(=O)C=Cc1sc(-c2ccc(F)cc2)cc1-c1nnnn1C. The molecule has 0 unspecified atom stereocenters. The summed E-state index contributed by atoms with van der Waals surface area (Å²) in [5.41, 5.74) is 1.66. The smallest absolute Gasteiger partial charge is 0.330 e. The van der Waals surface area contributed by atoms with E-state index in [4.69, 9.17) is 0 Å². The molecule has 3 aromatic rings. The van der Waals surface area contributed by atoms with Gasteiger partial charge in [-0.1, -0.05) is 12.1 Å². The molecular weight excluding hydrogens is 331 g/mol. The van der Waals surface area contributed by atoms with Gasteiger partial charge in [0.2, 0.25) is 0 Å². The predicted octanol–water partition coefficient (Wildman–Crippen LogP) is 2.93. The van der Waals surface area contributed by atoms with Crippen LogP contribution in [0.5, 0.6) is 0 Å². The van der Waals surface area contributed by atoms with Crippen LogP contribution in [0.3, 0.4) is 0 Å². The number of aromatic nitrogens is 4. The predicted molar refractivity (Wildman–Crippen MR) is 88.6 cm³/mol. The van der Waals surface area contributed by atoms with Gasteiger partial charge in [-0.2, -0.15) is 0 Å². The van der Waals surface area contributed by atoms with Crippen LogP contribution in [0, 0.1) is 5.82 Å². The standard InChI is InChI=1S/C16H13FN4O2S/c1-21-16(18-19-20-21)12-9-14(10-3-5-11(17)6-4-10)24-13(12)7-8-15(22)23-2/h3-9H,1-2H3. The number of benzene rings is 1. The molecule has 3 rings (SSSR count). The van der Waals surface area contributed by atoms with Gasteiger partial charge in [0.25, 0.3) is 0 Å². The number of nitrogens with zero attached hydrogens (tertiary/aromatic N) is 4. The van der Waals surface area contributed by atoms with Gasteiger partial charge in [-0.15, -0.1) is 16.4 Å². The zero-order valence-electron chi connectivity index (χ0n) is 12.9. The van der Waals surface area contributed by atoms with Crippen LogP contribution < -0.4 is 0 Å². The Morgan fingerprint density at radius 3 is 2.71 bits per heavy atom. The first-order valence-corrected chi connectivity index (χ1v) is 7.78. The topological polar surface area (TPSA) is 69.9 Å². The Morgan fingerprint density at radius 1 is 1.33 bits per heavy atom. The Kier molecular flexibility index (Phi) is 4.48. The molecule has 0 radical (unpaired) electrons. The number of halogens is 1. The van der Waals surface area contributed by atoms with Crippen LogP contribution in [-0.4, -0.2) is 33.3 Å². The van der Waals surface area contributed by atoms with E-state index in [9.17, 15) is 9.18 Å². The van der Waals surface area contributed by atoms with Crippen LogP contribution in [0.15, 0.2) is 36.4 Å². The maximum Gasteiger partial charge on any atom is 0.330 e. The molecule has 8 heteroatoms. The Balaban J connectivity index is 2.08. The number of tetrazole rings is 1. The third-order valence-corrected chi connectivity index (χ3v) is 4.47. The Labute approximate surface area is 141 Å². The lowest BCUT2D eigenvalue weighted by molar-refractivity contribution is -0.134. The maximum atomic E-state index is 13.1. The molecular formula is C16H13FN4O2S. The molecule has 1 aromatic carbocycles. The molecule has 2 aromatic heterocycles. The minimum atomic E-state index is -0.450. The lowest BCUT2D eigenvalue weighted by Crippen LogP contribution is -1.95. The Morgan fingerprint density at radius 2 is 2.08 bits per heavy atom. The molecule has 6 nitrogen and oxygen atoms in total. The van der Waals surface area contributed by atoms with Crippen molar-refractivity contribution in [2.24, 2.45) is 7.05 Å². The number of hydrogen-bond acceptors (Lipinski definition) is 6. The largest absolute Gasteiger partial charge is 0.466 e. The van der Waals surface area contributed by atoms with Crippen LogP contribution in [0.25, 0.3) is 27.9 Å². The van der Waals surface area contributed by atoms with Crippen molar-refractivity contribution in [3.63, 3.8) is 0 Å². The number of carbonyl (C=O) groups excluding carboxylic acids is 1. The van der Waals surface area contributed by atoms with E-state index in [0.717, 1.165) is 20.9 Å². The van der Waals surface area contributed by atoms with Crippen molar-refractivity contribution in [3.05, 3.63) is 47.1 Å². The number of thiophene rings is 1.